The molecule has 1 atom stereocenters. The highest BCUT2D eigenvalue weighted by Gasteiger charge is 2.28. The molecule has 2 heterocycles. The van der Waals surface area contributed by atoms with Crippen LogP contribution in [-0.2, 0) is 11.2 Å². The number of aryl methyl sites for hydroxylation is 1. The van der Waals surface area contributed by atoms with Crippen molar-refractivity contribution < 1.29 is 9.84 Å². The van der Waals surface area contributed by atoms with Crippen LogP contribution in [0.1, 0.15) is 12.0 Å². The van der Waals surface area contributed by atoms with Gasteiger partial charge in [-0.3, -0.25) is 4.98 Å². The molecule has 0 aromatic carbocycles. The molecule has 0 unspecified atom stereocenters. The standard InChI is InChI=1S/C14H23N3O2/c18-14(11-17-8-9-19-12-14)10-16-5-1-2-13-3-6-15-7-4-13/h3-4,6-7,16-18H,1-2,5,8-12H2/t14-/m1/s1. The van der Waals surface area contributed by atoms with Crippen LogP contribution in [0.5, 0.6) is 0 Å². The fourth-order valence-corrected chi connectivity index (χ4v) is 2.18. The molecular formula is C14H23N3O2. The lowest BCUT2D eigenvalue weighted by Crippen LogP contribution is -2.50. The van der Waals surface area contributed by atoms with Crippen molar-refractivity contribution in [1.82, 2.24) is 15.6 Å². The molecule has 1 fully saturated rings. The first-order valence-corrected chi connectivity index (χ1v) is 6.89. The average molecular weight is 265 g/mol. The van der Waals surface area contributed by atoms with Gasteiger partial charge in [0.1, 0.15) is 5.60 Å². The largest absolute Gasteiger partial charge is 0.385 e. The zero-order valence-corrected chi connectivity index (χ0v) is 11.3. The predicted molar refractivity (Wildman–Crippen MR) is 74.1 cm³/mol. The lowest BCUT2D eigenvalue weighted by atomic mass is 10.1. The Kier molecular flexibility index (Phi) is 5.72. The minimum atomic E-state index is -0.785. The van der Waals surface area contributed by atoms with E-state index in [9.17, 15) is 5.11 Å². The maximum absolute atomic E-state index is 10.3. The molecule has 1 saturated heterocycles. The van der Waals surface area contributed by atoms with Crippen molar-refractivity contribution >= 4 is 0 Å². The molecule has 106 valence electrons. The molecule has 5 heteroatoms. The molecule has 0 saturated carbocycles. The van der Waals surface area contributed by atoms with Crippen molar-refractivity contribution in [3.05, 3.63) is 30.1 Å². The molecule has 0 aliphatic carbocycles. The number of aliphatic hydroxyl groups is 1. The number of β-amino-alcohol motifs (C(OH)–C–C–N with tert-alkyl or cyclic N) is 1. The lowest BCUT2D eigenvalue weighted by Gasteiger charge is -2.26. The lowest BCUT2D eigenvalue weighted by molar-refractivity contribution is -0.0261. The normalized spacial score (nSPS) is 24.1. The van der Waals surface area contributed by atoms with Crippen LogP contribution < -0.4 is 10.6 Å². The summed E-state index contributed by atoms with van der Waals surface area (Å²) in [5.74, 6) is 0. The van der Waals surface area contributed by atoms with Crippen LogP contribution in [0, 0.1) is 0 Å². The Morgan fingerprint density at radius 3 is 3.11 bits per heavy atom. The van der Waals surface area contributed by atoms with Gasteiger partial charge in [-0.05, 0) is 37.1 Å². The third kappa shape index (κ3) is 5.24. The highest BCUT2D eigenvalue weighted by atomic mass is 16.5. The van der Waals surface area contributed by atoms with Gasteiger partial charge in [-0.25, -0.2) is 0 Å². The highest BCUT2D eigenvalue weighted by Crippen LogP contribution is 2.06. The SMILES string of the molecule is O[C@]1(CNCCCc2ccncc2)CNCCOC1. The molecule has 1 aliphatic heterocycles. The molecule has 0 amide bonds. The summed E-state index contributed by atoms with van der Waals surface area (Å²) in [6, 6.07) is 4.08. The first kappa shape index (κ1) is 14.4. The van der Waals surface area contributed by atoms with E-state index in [0.717, 1.165) is 25.9 Å². The van der Waals surface area contributed by atoms with Crippen molar-refractivity contribution in [3.8, 4) is 0 Å². The number of hydrogen-bond donors (Lipinski definition) is 3. The minimum absolute atomic E-state index is 0.400. The maximum Gasteiger partial charge on any atom is 0.113 e. The number of ether oxygens (including phenoxy) is 1. The van der Waals surface area contributed by atoms with Gasteiger partial charge in [0.25, 0.3) is 0 Å². The Morgan fingerprint density at radius 1 is 1.42 bits per heavy atom. The predicted octanol–water partition coefficient (Wildman–Crippen LogP) is -0.0453. The van der Waals surface area contributed by atoms with E-state index in [1.807, 2.05) is 24.5 Å². The Bertz CT molecular complexity index is 351. The van der Waals surface area contributed by atoms with Gasteiger partial charge in [0.05, 0.1) is 13.2 Å². The molecule has 1 aromatic rings. The molecule has 19 heavy (non-hydrogen) atoms. The summed E-state index contributed by atoms with van der Waals surface area (Å²) in [5.41, 5.74) is 0.516. The molecule has 1 aromatic heterocycles. The van der Waals surface area contributed by atoms with E-state index in [1.54, 1.807) is 0 Å². The highest BCUT2D eigenvalue weighted by molar-refractivity contribution is 5.09. The molecule has 0 spiro atoms. The number of hydrogen-bond acceptors (Lipinski definition) is 5. The summed E-state index contributed by atoms with van der Waals surface area (Å²) in [5, 5.41) is 16.8. The second kappa shape index (κ2) is 7.55. The van der Waals surface area contributed by atoms with E-state index >= 15 is 0 Å². The third-order valence-corrected chi connectivity index (χ3v) is 3.27. The molecule has 0 bridgehead atoms. The van der Waals surface area contributed by atoms with Gasteiger partial charge in [0.15, 0.2) is 0 Å². The monoisotopic (exact) mass is 265 g/mol. The first-order chi connectivity index (χ1) is 9.29. The molecule has 5 nitrogen and oxygen atoms in total. The third-order valence-electron chi connectivity index (χ3n) is 3.27. The van der Waals surface area contributed by atoms with Crippen LogP contribution in [0.25, 0.3) is 0 Å². The van der Waals surface area contributed by atoms with Gasteiger partial charge in [0, 0.05) is 32.0 Å². The minimum Gasteiger partial charge on any atom is -0.385 e. The summed E-state index contributed by atoms with van der Waals surface area (Å²) in [4.78, 5) is 4.00. The van der Waals surface area contributed by atoms with Gasteiger partial charge in [-0.15, -0.1) is 0 Å². The van der Waals surface area contributed by atoms with Crippen LogP contribution in [0.2, 0.25) is 0 Å². The molecule has 2 rings (SSSR count). The second-order valence-electron chi connectivity index (χ2n) is 5.09. The van der Waals surface area contributed by atoms with Gasteiger partial charge in [0.2, 0.25) is 0 Å². The van der Waals surface area contributed by atoms with Gasteiger partial charge >= 0.3 is 0 Å². The quantitative estimate of drug-likeness (QED) is 0.630. The number of nitrogens with one attached hydrogen (secondary N) is 2. The number of nitrogens with zero attached hydrogens (tertiary/aromatic N) is 1. The van der Waals surface area contributed by atoms with E-state index < -0.39 is 5.60 Å². The van der Waals surface area contributed by atoms with E-state index in [4.69, 9.17) is 4.74 Å². The first-order valence-electron chi connectivity index (χ1n) is 6.89. The van der Waals surface area contributed by atoms with Crippen molar-refractivity contribution in [2.75, 3.05) is 39.4 Å². The molecule has 3 N–H and O–H groups in total. The van der Waals surface area contributed by atoms with E-state index in [2.05, 4.69) is 15.6 Å². The smallest absolute Gasteiger partial charge is 0.113 e. The number of rotatable bonds is 6. The Labute approximate surface area is 114 Å². The fourth-order valence-electron chi connectivity index (χ4n) is 2.18. The van der Waals surface area contributed by atoms with E-state index in [-0.39, 0.29) is 0 Å². The Hall–Kier alpha value is -1.01. The second-order valence-corrected chi connectivity index (χ2v) is 5.09. The summed E-state index contributed by atoms with van der Waals surface area (Å²) >= 11 is 0. The van der Waals surface area contributed by atoms with E-state index in [1.165, 1.54) is 5.56 Å². The number of aromatic nitrogens is 1. The van der Waals surface area contributed by atoms with Crippen LogP contribution >= 0.6 is 0 Å². The zero-order valence-electron chi connectivity index (χ0n) is 11.3. The molecular weight excluding hydrogens is 242 g/mol. The summed E-state index contributed by atoms with van der Waals surface area (Å²) < 4.78 is 5.38. The average Bonchev–Trinajstić information content (AvgIpc) is 2.65. The summed E-state index contributed by atoms with van der Waals surface area (Å²) in [6.07, 6.45) is 5.72. The summed E-state index contributed by atoms with van der Waals surface area (Å²) in [6.45, 7) is 3.93. The molecule has 0 radical (unpaired) electrons. The van der Waals surface area contributed by atoms with Crippen molar-refractivity contribution in [2.45, 2.75) is 18.4 Å². The molecule has 1 aliphatic rings. The van der Waals surface area contributed by atoms with Gasteiger partial charge < -0.3 is 20.5 Å². The zero-order chi connectivity index (χ0) is 13.4. The van der Waals surface area contributed by atoms with Crippen molar-refractivity contribution in [2.24, 2.45) is 0 Å². The number of pyridine rings is 1. The fraction of sp³-hybridized carbons (Fsp3) is 0.643. The van der Waals surface area contributed by atoms with Crippen LogP contribution in [-0.4, -0.2) is 55.1 Å². The Balaban J connectivity index is 1.61. The van der Waals surface area contributed by atoms with Crippen LogP contribution in [0.3, 0.4) is 0 Å². The van der Waals surface area contributed by atoms with Gasteiger partial charge in [-0.1, -0.05) is 0 Å². The van der Waals surface area contributed by atoms with Crippen molar-refractivity contribution in [1.29, 1.82) is 0 Å². The Morgan fingerprint density at radius 2 is 2.26 bits per heavy atom. The van der Waals surface area contributed by atoms with Crippen LogP contribution in [0.4, 0.5) is 0 Å². The van der Waals surface area contributed by atoms with Crippen molar-refractivity contribution in [3.63, 3.8) is 0 Å². The maximum atomic E-state index is 10.3. The topological polar surface area (TPSA) is 66.4 Å². The van der Waals surface area contributed by atoms with Crippen LogP contribution in [0.15, 0.2) is 24.5 Å². The van der Waals surface area contributed by atoms with Gasteiger partial charge in [-0.2, -0.15) is 0 Å². The summed E-state index contributed by atoms with van der Waals surface area (Å²) in [7, 11) is 0. The van der Waals surface area contributed by atoms with E-state index in [0.29, 0.717) is 26.3 Å².